The Balaban J connectivity index is 1.62. The highest BCUT2D eigenvalue weighted by molar-refractivity contribution is 7.99. The molecule has 0 saturated carbocycles. The van der Waals surface area contributed by atoms with Crippen molar-refractivity contribution < 1.29 is 18.7 Å². The lowest BCUT2D eigenvalue weighted by atomic mass is 10.2. The highest BCUT2D eigenvalue weighted by Gasteiger charge is 2.14. The molecule has 0 radical (unpaired) electrons. The van der Waals surface area contributed by atoms with Crippen molar-refractivity contribution in [2.24, 2.45) is 0 Å². The number of halogens is 2. The van der Waals surface area contributed by atoms with Crippen LogP contribution in [-0.4, -0.2) is 30.9 Å². The van der Waals surface area contributed by atoms with E-state index >= 15 is 0 Å². The molecule has 1 heterocycles. The monoisotopic (exact) mass is 438 g/mol. The van der Waals surface area contributed by atoms with Crippen molar-refractivity contribution in [2.45, 2.75) is 5.22 Å². The average molecular weight is 439 g/mol. The number of methoxy groups -OCH3 is 2. The van der Waals surface area contributed by atoms with Gasteiger partial charge in [0.1, 0.15) is 11.5 Å². The van der Waals surface area contributed by atoms with E-state index in [0.717, 1.165) is 5.56 Å². The van der Waals surface area contributed by atoms with Crippen LogP contribution in [0.15, 0.2) is 52.2 Å². The van der Waals surface area contributed by atoms with E-state index in [9.17, 15) is 4.79 Å². The van der Waals surface area contributed by atoms with Gasteiger partial charge in [-0.25, -0.2) is 4.98 Å². The summed E-state index contributed by atoms with van der Waals surface area (Å²) in [6.07, 6.45) is 1.61. The first-order chi connectivity index (χ1) is 13.5. The molecule has 6 nitrogen and oxygen atoms in total. The number of rotatable bonds is 7. The normalized spacial score (nSPS) is 10.6. The van der Waals surface area contributed by atoms with Crippen molar-refractivity contribution in [2.75, 3.05) is 25.3 Å². The Kier molecular flexibility index (Phi) is 6.72. The number of oxazole rings is 1. The Morgan fingerprint density at radius 2 is 1.86 bits per heavy atom. The van der Waals surface area contributed by atoms with Gasteiger partial charge < -0.3 is 19.2 Å². The predicted molar refractivity (Wildman–Crippen MR) is 111 cm³/mol. The van der Waals surface area contributed by atoms with Gasteiger partial charge in [-0.1, -0.05) is 35.0 Å². The van der Waals surface area contributed by atoms with Crippen molar-refractivity contribution in [3.63, 3.8) is 0 Å². The van der Waals surface area contributed by atoms with Gasteiger partial charge in [0.2, 0.25) is 5.91 Å². The van der Waals surface area contributed by atoms with Gasteiger partial charge in [0.15, 0.2) is 5.76 Å². The van der Waals surface area contributed by atoms with Gasteiger partial charge in [-0.2, -0.15) is 0 Å². The average Bonchev–Trinajstić information content (AvgIpc) is 3.16. The minimum atomic E-state index is -0.254. The first-order valence-corrected chi connectivity index (χ1v) is 9.80. The van der Waals surface area contributed by atoms with Crippen molar-refractivity contribution in [3.8, 4) is 22.8 Å². The minimum Gasteiger partial charge on any atom is -0.495 e. The van der Waals surface area contributed by atoms with E-state index in [4.69, 9.17) is 37.1 Å². The quantitative estimate of drug-likeness (QED) is 0.498. The van der Waals surface area contributed by atoms with Crippen LogP contribution in [0, 0.1) is 0 Å². The number of benzene rings is 2. The molecule has 0 aliphatic heterocycles. The molecular weight excluding hydrogens is 423 g/mol. The van der Waals surface area contributed by atoms with Crippen LogP contribution in [0.2, 0.25) is 10.0 Å². The third kappa shape index (κ3) is 4.92. The topological polar surface area (TPSA) is 73.6 Å². The van der Waals surface area contributed by atoms with Gasteiger partial charge in [0.05, 0.1) is 36.9 Å². The molecule has 0 aliphatic carbocycles. The number of anilines is 1. The van der Waals surface area contributed by atoms with Crippen LogP contribution in [0.1, 0.15) is 0 Å². The molecule has 1 amide bonds. The number of carbonyl (C=O) groups is 1. The Bertz CT molecular complexity index is 977. The summed E-state index contributed by atoms with van der Waals surface area (Å²) in [6.45, 7) is 0. The number of nitrogens with one attached hydrogen (secondary N) is 1. The SMILES string of the molecule is COc1cc(OC)c(NC(=O)CSc2ncc(-c3ccc(Cl)cc3)o2)cc1Cl. The van der Waals surface area contributed by atoms with Gasteiger partial charge in [0.25, 0.3) is 5.22 Å². The zero-order valence-electron chi connectivity index (χ0n) is 15.0. The Hall–Kier alpha value is -2.35. The summed E-state index contributed by atoms with van der Waals surface area (Å²) >= 11 is 13.2. The van der Waals surface area contributed by atoms with Crippen molar-refractivity contribution >= 4 is 46.6 Å². The summed E-state index contributed by atoms with van der Waals surface area (Å²) in [6, 6.07) is 10.4. The van der Waals surface area contributed by atoms with Gasteiger partial charge in [-0.05, 0) is 30.3 Å². The molecule has 1 N–H and O–H groups in total. The second-order valence-corrected chi connectivity index (χ2v) is 7.29. The highest BCUT2D eigenvalue weighted by Crippen LogP contribution is 2.36. The zero-order chi connectivity index (χ0) is 20.1. The number of thioether (sulfide) groups is 1. The molecule has 28 heavy (non-hydrogen) atoms. The Labute approximate surface area is 176 Å². The molecule has 146 valence electrons. The molecule has 0 saturated heterocycles. The van der Waals surface area contributed by atoms with E-state index in [1.165, 1.54) is 26.0 Å². The molecule has 3 aromatic rings. The largest absolute Gasteiger partial charge is 0.495 e. The van der Waals surface area contributed by atoms with Gasteiger partial charge >= 0.3 is 0 Å². The van der Waals surface area contributed by atoms with Crippen molar-refractivity contribution in [1.29, 1.82) is 0 Å². The van der Waals surface area contributed by atoms with Gasteiger partial charge in [0, 0.05) is 16.7 Å². The summed E-state index contributed by atoms with van der Waals surface area (Å²) in [4.78, 5) is 16.5. The van der Waals surface area contributed by atoms with Crippen LogP contribution in [0.5, 0.6) is 11.5 Å². The van der Waals surface area contributed by atoms with Crippen LogP contribution >= 0.6 is 35.0 Å². The molecule has 2 aromatic carbocycles. The maximum absolute atomic E-state index is 12.3. The summed E-state index contributed by atoms with van der Waals surface area (Å²) in [5.41, 5.74) is 1.30. The first-order valence-electron chi connectivity index (χ1n) is 8.06. The van der Waals surface area contributed by atoms with Gasteiger partial charge in [-0.3, -0.25) is 4.79 Å². The molecule has 9 heteroatoms. The summed E-state index contributed by atoms with van der Waals surface area (Å²) in [5.74, 6) is 1.35. The standard InChI is InChI=1S/C19H16Cl2N2O4S/c1-25-15-8-16(26-2)14(7-13(15)21)23-18(24)10-28-19-22-9-17(27-19)11-3-5-12(20)6-4-11/h3-9H,10H2,1-2H3,(H,23,24). The highest BCUT2D eigenvalue weighted by atomic mass is 35.5. The smallest absolute Gasteiger partial charge is 0.256 e. The molecule has 0 spiro atoms. The number of amides is 1. The molecule has 0 fully saturated rings. The number of hydrogen-bond acceptors (Lipinski definition) is 6. The van der Waals surface area contributed by atoms with E-state index in [2.05, 4.69) is 10.3 Å². The summed E-state index contributed by atoms with van der Waals surface area (Å²) in [5, 5.41) is 4.16. The molecule has 0 aliphatic rings. The fourth-order valence-electron chi connectivity index (χ4n) is 2.34. The van der Waals surface area contributed by atoms with E-state index in [-0.39, 0.29) is 11.7 Å². The minimum absolute atomic E-state index is 0.105. The third-order valence-corrected chi connectivity index (χ3v) is 5.08. The fraction of sp³-hybridized carbons (Fsp3) is 0.158. The molecule has 0 atom stereocenters. The number of nitrogens with zero attached hydrogens (tertiary/aromatic N) is 1. The Morgan fingerprint density at radius 3 is 2.54 bits per heavy atom. The van der Waals surface area contributed by atoms with E-state index in [0.29, 0.717) is 38.2 Å². The van der Waals surface area contributed by atoms with Crippen LogP contribution in [-0.2, 0) is 4.79 Å². The molecule has 1 aromatic heterocycles. The number of hydrogen-bond donors (Lipinski definition) is 1. The number of aromatic nitrogens is 1. The predicted octanol–water partition coefficient (Wildman–Crippen LogP) is 5.40. The zero-order valence-corrected chi connectivity index (χ0v) is 17.3. The van der Waals surface area contributed by atoms with E-state index < -0.39 is 0 Å². The van der Waals surface area contributed by atoms with Gasteiger partial charge in [-0.15, -0.1) is 0 Å². The maximum Gasteiger partial charge on any atom is 0.256 e. The van der Waals surface area contributed by atoms with Crippen LogP contribution in [0.3, 0.4) is 0 Å². The lowest BCUT2D eigenvalue weighted by Crippen LogP contribution is -2.14. The first kappa shape index (κ1) is 20.4. The molecular formula is C19H16Cl2N2O4S. The van der Waals surface area contributed by atoms with Crippen molar-refractivity contribution in [3.05, 3.63) is 52.6 Å². The second kappa shape index (κ2) is 9.23. The van der Waals surface area contributed by atoms with E-state index in [1.54, 1.807) is 30.5 Å². The lowest BCUT2D eigenvalue weighted by molar-refractivity contribution is -0.113. The lowest BCUT2D eigenvalue weighted by Gasteiger charge is -2.12. The van der Waals surface area contributed by atoms with Crippen LogP contribution in [0.4, 0.5) is 5.69 Å². The molecule has 0 bridgehead atoms. The Morgan fingerprint density at radius 1 is 1.14 bits per heavy atom. The number of ether oxygens (including phenoxy) is 2. The summed E-state index contributed by atoms with van der Waals surface area (Å²) in [7, 11) is 3.00. The molecule has 0 unspecified atom stereocenters. The summed E-state index contributed by atoms with van der Waals surface area (Å²) < 4.78 is 16.1. The number of carbonyl (C=O) groups excluding carboxylic acids is 1. The van der Waals surface area contributed by atoms with Crippen LogP contribution < -0.4 is 14.8 Å². The third-order valence-electron chi connectivity index (χ3n) is 3.69. The van der Waals surface area contributed by atoms with Crippen molar-refractivity contribution in [1.82, 2.24) is 4.98 Å². The fourth-order valence-corrected chi connectivity index (χ4v) is 3.31. The van der Waals surface area contributed by atoms with E-state index in [1.807, 2.05) is 12.1 Å². The second-order valence-electron chi connectivity index (χ2n) is 5.52. The molecule has 3 rings (SSSR count). The maximum atomic E-state index is 12.3. The van der Waals surface area contributed by atoms with Crippen LogP contribution in [0.25, 0.3) is 11.3 Å².